The Balaban J connectivity index is 2.13. The minimum Gasteiger partial charge on any atom is -0.491 e. The zero-order chi connectivity index (χ0) is 15.5. The van der Waals surface area contributed by atoms with E-state index in [0.717, 1.165) is 17.0 Å². The van der Waals surface area contributed by atoms with Crippen LogP contribution in [0.15, 0.2) is 40.6 Å². The first-order valence-electron chi connectivity index (χ1n) is 6.79. The third-order valence-electron chi connectivity index (χ3n) is 2.73. The van der Waals surface area contributed by atoms with E-state index in [2.05, 4.69) is 4.72 Å². The largest absolute Gasteiger partial charge is 0.491 e. The predicted octanol–water partition coefficient (Wildman–Crippen LogP) is 3.90. The van der Waals surface area contributed by atoms with E-state index in [1.807, 2.05) is 26.8 Å². The van der Waals surface area contributed by atoms with Gasteiger partial charge in [0.05, 0.1) is 6.10 Å². The second-order valence-corrected chi connectivity index (χ2v) is 7.95. The summed E-state index contributed by atoms with van der Waals surface area (Å²) >= 11 is 1.30. The van der Waals surface area contributed by atoms with Gasteiger partial charge in [-0.1, -0.05) is 6.92 Å². The van der Waals surface area contributed by atoms with Crippen LogP contribution in [0.3, 0.4) is 0 Å². The molecule has 21 heavy (non-hydrogen) atoms. The topological polar surface area (TPSA) is 55.4 Å². The van der Waals surface area contributed by atoms with Gasteiger partial charge < -0.3 is 4.74 Å². The monoisotopic (exact) mass is 325 g/mol. The zero-order valence-electron chi connectivity index (χ0n) is 12.3. The highest BCUT2D eigenvalue weighted by Gasteiger charge is 2.16. The van der Waals surface area contributed by atoms with Crippen molar-refractivity contribution < 1.29 is 13.2 Å². The van der Waals surface area contributed by atoms with Crippen molar-refractivity contribution in [2.75, 3.05) is 4.72 Å². The molecule has 1 aromatic carbocycles. The third kappa shape index (κ3) is 4.22. The molecule has 1 aromatic heterocycles. The van der Waals surface area contributed by atoms with Gasteiger partial charge in [-0.25, -0.2) is 8.42 Å². The van der Waals surface area contributed by atoms with Crippen LogP contribution in [-0.4, -0.2) is 14.5 Å². The number of hydrogen-bond donors (Lipinski definition) is 1. The Hall–Kier alpha value is -1.53. The third-order valence-corrected chi connectivity index (χ3v) is 5.83. The van der Waals surface area contributed by atoms with Crippen LogP contribution in [0.2, 0.25) is 0 Å². The van der Waals surface area contributed by atoms with Gasteiger partial charge in [-0.2, -0.15) is 0 Å². The molecule has 1 heterocycles. The molecule has 114 valence electrons. The molecule has 0 amide bonds. The summed E-state index contributed by atoms with van der Waals surface area (Å²) < 4.78 is 33.0. The molecule has 0 aliphatic rings. The van der Waals surface area contributed by atoms with Gasteiger partial charge in [-0.3, -0.25) is 4.72 Å². The van der Waals surface area contributed by atoms with Crippen molar-refractivity contribution in [3.05, 3.63) is 41.3 Å². The van der Waals surface area contributed by atoms with Crippen LogP contribution in [-0.2, 0) is 16.4 Å². The van der Waals surface area contributed by atoms with E-state index < -0.39 is 10.0 Å². The number of benzene rings is 1. The maximum absolute atomic E-state index is 12.3. The number of anilines is 1. The first kappa shape index (κ1) is 15.9. The van der Waals surface area contributed by atoms with Gasteiger partial charge in [-0.05, 0) is 56.7 Å². The lowest BCUT2D eigenvalue weighted by Crippen LogP contribution is -2.11. The van der Waals surface area contributed by atoms with Gasteiger partial charge in [0.2, 0.25) is 0 Å². The lowest BCUT2D eigenvalue weighted by atomic mass is 10.3. The molecular weight excluding hydrogens is 306 g/mol. The van der Waals surface area contributed by atoms with E-state index in [1.54, 1.807) is 30.3 Å². The van der Waals surface area contributed by atoms with Crippen LogP contribution >= 0.6 is 11.3 Å². The number of rotatable bonds is 6. The van der Waals surface area contributed by atoms with Crippen molar-refractivity contribution in [1.82, 2.24) is 0 Å². The smallest absolute Gasteiger partial charge is 0.271 e. The van der Waals surface area contributed by atoms with Crippen LogP contribution in [0.1, 0.15) is 25.6 Å². The quantitative estimate of drug-likeness (QED) is 0.876. The Morgan fingerprint density at radius 3 is 2.33 bits per heavy atom. The fourth-order valence-electron chi connectivity index (χ4n) is 1.77. The number of ether oxygens (including phenoxy) is 1. The first-order valence-corrected chi connectivity index (χ1v) is 9.09. The molecule has 0 atom stereocenters. The van der Waals surface area contributed by atoms with Crippen LogP contribution in [0, 0.1) is 0 Å². The average Bonchev–Trinajstić information content (AvgIpc) is 2.90. The van der Waals surface area contributed by atoms with Gasteiger partial charge in [0.25, 0.3) is 10.0 Å². The Kier molecular flexibility index (Phi) is 4.90. The zero-order valence-corrected chi connectivity index (χ0v) is 13.9. The molecular formula is C15H19NO3S2. The van der Waals surface area contributed by atoms with E-state index in [1.165, 1.54) is 11.3 Å². The highest BCUT2D eigenvalue weighted by Crippen LogP contribution is 2.25. The summed E-state index contributed by atoms with van der Waals surface area (Å²) in [6, 6.07) is 10.4. The summed E-state index contributed by atoms with van der Waals surface area (Å²) in [4.78, 5) is 1.05. The molecule has 6 heteroatoms. The SMILES string of the molecule is CCc1ccc(S(=O)(=O)Nc2ccc(OC(C)C)cc2)s1. The number of aryl methyl sites for hydroxylation is 1. The van der Waals surface area contributed by atoms with Gasteiger partial charge in [0, 0.05) is 10.6 Å². The van der Waals surface area contributed by atoms with Crippen LogP contribution < -0.4 is 9.46 Å². The summed E-state index contributed by atoms with van der Waals surface area (Å²) in [5.41, 5.74) is 0.526. The highest BCUT2D eigenvalue weighted by molar-refractivity contribution is 7.94. The molecule has 0 bridgehead atoms. The normalized spacial score (nSPS) is 11.6. The molecule has 2 aromatic rings. The first-order chi connectivity index (χ1) is 9.90. The standard InChI is InChI=1S/C15H19NO3S2/c1-4-14-9-10-15(20-14)21(17,18)16-12-5-7-13(8-6-12)19-11(2)3/h5-11,16H,4H2,1-3H3. The van der Waals surface area contributed by atoms with Crippen LogP contribution in [0.5, 0.6) is 5.75 Å². The van der Waals surface area contributed by atoms with Crippen LogP contribution in [0.25, 0.3) is 0 Å². The minimum absolute atomic E-state index is 0.0890. The van der Waals surface area contributed by atoms with E-state index in [0.29, 0.717) is 9.90 Å². The molecule has 0 fully saturated rings. The Morgan fingerprint density at radius 2 is 1.81 bits per heavy atom. The fraction of sp³-hybridized carbons (Fsp3) is 0.333. The molecule has 0 radical (unpaired) electrons. The maximum atomic E-state index is 12.3. The van der Waals surface area contributed by atoms with Gasteiger partial charge in [0.15, 0.2) is 0 Å². The van der Waals surface area contributed by atoms with E-state index in [-0.39, 0.29) is 6.10 Å². The van der Waals surface area contributed by atoms with Gasteiger partial charge in [0.1, 0.15) is 9.96 Å². The lowest BCUT2D eigenvalue weighted by molar-refractivity contribution is 0.242. The van der Waals surface area contributed by atoms with Crippen molar-refractivity contribution in [1.29, 1.82) is 0 Å². The van der Waals surface area contributed by atoms with E-state index >= 15 is 0 Å². The van der Waals surface area contributed by atoms with Gasteiger partial charge in [-0.15, -0.1) is 11.3 Å². The molecule has 0 unspecified atom stereocenters. The number of hydrogen-bond acceptors (Lipinski definition) is 4. The summed E-state index contributed by atoms with van der Waals surface area (Å²) in [6.07, 6.45) is 0.924. The van der Waals surface area contributed by atoms with Crippen molar-refractivity contribution in [3.8, 4) is 5.75 Å². The molecule has 4 nitrogen and oxygen atoms in total. The van der Waals surface area contributed by atoms with Crippen molar-refractivity contribution in [2.45, 2.75) is 37.5 Å². The molecule has 0 aliphatic carbocycles. The summed E-state index contributed by atoms with van der Waals surface area (Å²) in [5.74, 6) is 0.720. The predicted molar refractivity (Wildman–Crippen MR) is 86.7 cm³/mol. The summed E-state index contributed by atoms with van der Waals surface area (Å²) in [7, 11) is -3.51. The summed E-state index contributed by atoms with van der Waals surface area (Å²) in [5, 5.41) is 0. The lowest BCUT2D eigenvalue weighted by Gasteiger charge is -2.11. The number of thiophene rings is 1. The minimum atomic E-state index is -3.51. The number of sulfonamides is 1. The fourth-order valence-corrected chi connectivity index (χ4v) is 4.13. The van der Waals surface area contributed by atoms with E-state index in [9.17, 15) is 8.42 Å². The molecule has 1 N–H and O–H groups in total. The molecule has 2 rings (SSSR count). The van der Waals surface area contributed by atoms with Crippen molar-refractivity contribution in [3.63, 3.8) is 0 Å². The number of nitrogens with one attached hydrogen (secondary N) is 1. The molecule has 0 spiro atoms. The molecule has 0 saturated heterocycles. The summed E-state index contributed by atoms with van der Waals surface area (Å²) in [6.45, 7) is 5.89. The van der Waals surface area contributed by atoms with Crippen molar-refractivity contribution >= 4 is 27.0 Å². The van der Waals surface area contributed by atoms with Crippen LogP contribution in [0.4, 0.5) is 5.69 Å². The average molecular weight is 325 g/mol. The second-order valence-electron chi connectivity index (χ2n) is 4.87. The van der Waals surface area contributed by atoms with Crippen molar-refractivity contribution in [2.24, 2.45) is 0 Å². The molecule has 0 saturated carbocycles. The second kappa shape index (κ2) is 6.49. The van der Waals surface area contributed by atoms with Gasteiger partial charge >= 0.3 is 0 Å². The molecule has 0 aliphatic heterocycles. The Labute approximate surface area is 129 Å². The highest BCUT2D eigenvalue weighted by atomic mass is 32.2. The Morgan fingerprint density at radius 1 is 1.14 bits per heavy atom. The maximum Gasteiger partial charge on any atom is 0.271 e. The van der Waals surface area contributed by atoms with E-state index in [4.69, 9.17) is 4.74 Å². The Bertz CT molecular complexity index is 688.